The topological polar surface area (TPSA) is 124 Å². The molecule has 4 rings (SSSR count). The van der Waals surface area contributed by atoms with Crippen LogP contribution in [0.5, 0.6) is 5.88 Å². The summed E-state index contributed by atoms with van der Waals surface area (Å²) in [7, 11) is 3.00. The van der Waals surface area contributed by atoms with Crippen LogP contribution in [0.4, 0.5) is 21.6 Å². The third-order valence-electron chi connectivity index (χ3n) is 5.42. The molecule has 0 radical (unpaired) electrons. The molecule has 0 aliphatic heterocycles. The summed E-state index contributed by atoms with van der Waals surface area (Å²) >= 11 is 0. The SMILES string of the molecule is COc1cccc(Nc2cc(-c3ccc(F)c(NC(=O)c4cnc(C(C)(C)C)cn4)c3)nn(C)c2=O)n1. The number of aryl methyl sites for hydroxylation is 1. The number of benzene rings is 1. The summed E-state index contributed by atoms with van der Waals surface area (Å²) in [4.78, 5) is 38.1. The van der Waals surface area contributed by atoms with Gasteiger partial charge in [0.15, 0.2) is 0 Å². The molecule has 0 atom stereocenters. The second-order valence-corrected chi connectivity index (χ2v) is 9.25. The smallest absolute Gasteiger partial charge is 0.290 e. The molecule has 1 aromatic carbocycles. The Bertz CT molecular complexity index is 1510. The number of nitrogens with zero attached hydrogens (tertiary/aromatic N) is 5. The van der Waals surface area contributed by atoms with E-state index in [1.807, 2.05) is 20.8 Å². The van der Waals surface area contributed by atoms with Crippen molar-refractivity contribution in [3.05, 3.63) is 82.4 Å². The molecule has 0 saturated carbocycles. The van der Waals surface area contributed by atoms with Crippen molar-refractivity contribution in [2.24, 2.45) is 7.05 Å². The molecule has 1 amide bonds. The fourth-order valence-electron chi connectivity index (χ4n) is 3.37. The van der Waals surface area contributed by atoms with E-state index in [0.717, 1.165) is 10.4 Å². The zero-order chi connectivity index (χ0) is 26.7. The van der Waals surface area contributed by atoms with Crippen molar-refractivity contribution >= 4 is 23.1 Å². The third kappa shape index (κ3) is 5.77. The van der Waals surface area contributed by atoms with Crippen LogP contribution in [0.3, 0.4) is 0 Å². The van der Waals surface area contributed by atoms with E-state index in [-0.39, 0.29) is 28.0 Å². The highest BCUT2D eigenvalue weighted by molar-refractivity contribution is 6.03. The average molecular weight is 504 g/mol. The zero-order valence-corrected chi connectivity index (χ0v) is 21.0. The van der Waals surface area contributed by atoms with Gasteiger partial charge >= 0.3 is 0 Å². The van der Waals surface area contributed by atoms with Crippen LogP contribution >= 0.6 is 0 Å². The highest BCUT2D eigenvalue weighted by atomic mass is 19.1. The van der Waals surface area contributed by atoms with E-state index in [0.29, 0.717) is 23.0 Å². The van der Waals surface area contributed by atoms with E-state index < -0.39 is 11.7 Å². The van der Waals surface area contributed by atoms with Crippen molar-refractivity contribution in [3.63, 3.8) is 0 Å². The maximum Gasteiger partial charge on any atom is 0.290 e. The van der Waals surface area contributed by atoms with Gasteiger partial charge in [-0.05, 0) is 30.3 Å². The Labute approximate surface area is 212 Å². The highest BCUT2D eigenvalue weighted by Crippen LogP contribution is 2.26. The van der Waals surface area contributed by atoms with E-state index in [1.54, 1.807) is 18.2 Å². The number of rotatable bonds is 6. The van der Waals surface area contributed by atoms with Crippen LogP contribution in [0.1, 0.15) is 37.0 Å². The number of anilines is 3. The van der Waals surface area contributed by atoms with Crippen LogP contribution in [-0.2, 0) is 12.5 Å². The number of carbonyl (C=O) groups is 1. The van der Waals surface area contributed by atoms with Crippen LogP contribution in [0, 0.1) is 5.82 Å². The molecule has 3 heterocycles. The van der Waals surface area contributed by atoms with Gasteiger partial charge in [0, 0.05) is 30.3 Å². The molecule has 0 aliphatic rings. The van der Waals surface area contributed by atoms with Gasteiger partial charge in [0.05, 0.1) is 30.4 Å². The first-order valence-corrected chi connectivity index (χ1v) is 11.4. The summed E-state index contributed by atoms with van der Waals surface area (Å²) < 4.78 is 20.9. The number of methoxy groups -OCH3 is 1. The molecule has 37 heavy (non-hydrogen) atoms. The van der Waals surface area contributed by atoms with Crippen LogP contribution in [0.15, 0.2) is 59.7 Å². The van der Waals surface area contributed by atoms with Crippen molar-refractivity contribution < 1.29 is 13.9 Å². The predicted octanol–water partition coefficient (Wildman–Crippen LogP) is 4.07. The quantitative estimate of drug-likeness (QED) is 0.404. The van der Waals surface area contributed by atoms with Gasteiger partial charge in [0.1, 0.15) is 23.0 Å². The molecule has 11 heteroatoms. The van der Waals surface area contributed by atoms with Gasteiger partial charge < -0.3 is 15.4 Å². The lowest BCUT2D eigenvalue weighted by Crippen LogP contribution is -2.23. The van der Waals surface area contributed by atoms with Gasteiger partial charge in [-0.2, -0.15) is 10.1 Å². The maximum atomic E-state index is 14.6. The Morgan fingerprint density at radius 2 is 1.84 bits per heavy atom. The van der Waals surface area contributed by atoms with Gasteiger partial charge in [-0.1, -0.05) is 26.8 Å². The number of nitrogens with one attached hydrogen (secondary N) is 2. The van der Waals surface area contributed by atoms with Gasteiger partial charge in [0.25, 0.3) is 11.5 Å². The number of hydrogen-bond acceptors (Lipinski definition) is 8. The molecular formula is C26H26FN7O3. The normalized spacial score (nSPS) is 11.2. The van der Waals surface area contributed by atoms with Crippen molar-refractivity contribution in [3.8, 4) is 17.1 Å². The molecule has 0 spiro atoms. The molecule has 0 aliphatic carbocycles. The van der Waals surface area contributed by atoms with Gasteiger partial charge in [0.2, 0.25) is 5.88 Å². The minimum atomic E-state index is -0.639. The molecule has 0 saturated heterocycles. The molecule has 2 N–H and O–H groups in total. The summed E-state index contributed by atoms with van der Waals surface area (Å²) in [6.07, 6.45) is 2.89. The molecular weight excluding hydrogens is 477 g/mol. The lowest BCUT2D eigenvalue weighted by molar-refractivity contribution is 0.102. The Morgan fingerprint density at radius 1 is 1.05 bits per heavy atom. The first-order valence-electron chi connectivity index (χ1n) is 11.4. The van der Waals surface area contributed by atoms with Crippen LogP contribution in [0.2, 0.25) is 0 Å². The Morgan fingerprint density at radius 3 is 2.51 bits per heavy atom. The molecule has 3 aromatic heterocycles. The van der Waals surface area contributed by atoms with E-state index in [4.69, 9.17) is 4.74 Å². The number of halogens is 1. The van der Waals surface area contributed by atoms with Crippen molar-refractivity contribution in [1.29, 1.82) is 0 Å². The Kier molecular flexibility index (Phi) is 6.96. The maximum absolute atomic E-state index is 14.6. The second-order valence-electron chi connectivity index (χ2n) is 9.25. The fraction of sp³-hybridized carbons (Fsp3) is 0.231. The number of pyridine rings is 1. The lowest BCUT2D eigenvalue weighted by Gasteiger charge is -2.16. The van der Waals surface area contributed by atoms with Crippen LogP contribution in [-0.4, -0.2) is 37.7 Å². The molecule has 0 bridgehead atoms. The largest absolute Gasteiger partial charge is 0.481 e. The fourth-order valence-corrected chi connectivity index (χ4v) is 3.37. The minimum Gasteiger partial charge on any atom is -0.481 e. The first kappa shape index (κ1) is 25.4. The molecule has 10 nitrogen and oxygen atoms in total. The minimum absolute atomic E-state index is 0.0512. The monoisotopic (exact) mass is 503 g/mol. The van der Waals surface area contributed by atoms with Crippen LogP contribution < -0.4 is 20.9 Å². The number of hydrogen-bond donors (Lipinski definition) is 2. The lowest BCUT2D eigenvalue weighted by atomic mass is 9.93. The number of ether oxygens (including phenoxy) is 1. The predicted molar refractivity (Wildman–Crippen MR) is 138 cm³/mol. The molecule has 190 valence electrons. The van der Waals surface area contributed by atoms with Crippen molar-refractivity contribution in [1.82, 2.24) is 24.7 Å². The summed E-state index contributed by atoms with van der Waals surface area (Å²) in [6.45, 7) is 5.96. The number of aromatic nitrogens is 5. The van der Waals surface area contributed by atoms with E-state index in [9.17, 15) is 14.0 Å². The summed E-state index contributed by atoms with van der Waals surface area (Å²) in [5.41, 5.74) is 1.16. The van der Waals surface area contributed by atoms with Gasteiger partial charge in [-0.25, -0.2) is 14.1 Å². The van der Waals surface area contributed by atoms with Crippen molar-refractivity contribution in [2.75, 3.05) is 17.7 Å². The van der Waals surface area contributed by atoms with E-state index >= 15 is 0 Å². The van der Waals surface area contributed by atoms with Gasteiger partial charge in [-0.15, -0.1) is 0 Å². The van der Waals surface area contributed by atoms with Crippen LogP contribution in [0.25, 0.3) is 11.3 Å². The number of amides is 1. The standard InChI is InChI=1S/C26H26FN7O3/c1-26(2,3)21-14-28-20(13-29-21)24(35)31-18-11-15(9-10-16(18)27)17-12-19(25(36)34(4)33-17)30-22-7-6-8-23(32-22)37-5/h6-14H,1-5H3,(H,30,32)(H,31,35). The molecule has 0 unspecified atom stereocenters. The molecule has 4 aromatic rings. The Balaban J connectivity index is 1.62. The first-order chi connectivity index (χ1) is 17.5. The van der Waals surface area contributed by atoms with Gasteiger partial charge in [-0.3, -0.25) is 14.6 Å². The summed E-state index contributed by atoms with van der Waals surface area (Å²) in [6, 6.07) is 10.8. The molecule has 0 fully saturated rings. The zero-order valence-electron chi connectivity index (χ0n) is 21.0. The third-order valence-corrected chi connectivity index (χ3v) is 5.42. The summed E-state index contributed by atoms with van der Waals surface area (Å²) in [5.74, 6) is -0.462. The summed E-state index contributed by atoms with van der Waals surface area (Å²) in [5, 5.41) is 9.79. The number of carbonyl (C=O) groups excluding carboxylic acids is 1. The average Bonchev–Trinajstić information content (AvgIpc) is 2.87. The second kappa shape index (κ2) is 10.1. The highest BCUT2D eigenvalue weighted by Gasteiger charge is 2.18. The van der Waals surface area contributed by atoms with E-state index in [1.165, 1.54) is 50.8 Å². The van der Waals surface area contributed by atoms with Crippen molar-refractivity contribution in [2.45, 2.75) is 26.2 Å². The van der Waals surface area contributed by atoms with E-state index in [2.05, 4.69) is 30.7 Å². The Hall–Kier alpha value is -4.67.